The number of hydrogen-bond donors (Lipinski definition) is 1. The number of nitrogens with one attached hydrogen (secondary N) is 1. The SMILES string of the molecule is c1cc2ncc3c(c2cn1)NCOC3. The van der Waals surface area contributed by atoms with E-state index in [0.29, 0.717) is 13.3 Å². The van der Waals surface area contributed by atoms with Gasteiger partial charge in [0.2, 0.25) is 0 Å². The first kappa shape index (κ1) is 7.70. The monoisotopic (exact) mass is 187 g/mol. The number of pyridine rings is 2. The molecule has 0 amide bonds. The quantitative estimate of drug-likeness (QED) is 0.679. The lowest BCUT2D eigenvalue weighted by Crippen LogP contribution is -2.15. The molecule has 14 heavy (non-hydrogen) atoms. The zero-order valence-electron chi connectivity index (χ0n) is 7.53. The average molecular weight is 187 g/mol. The van der Waals surface area contributed by atoms with Crippen LogP contribution in [-0.2, 0) is 11.3 Å². The van der Waals surface area contributed by atoms with E-state index in [1.165, 1.54) is 0 Å². The molecule has 0 aliphatic carbocycles. The Morgan fingerprint density at radius 3 is 3.36 bits per heavy atom. The fourth-order valence-corrected chi connectivity index (χ4v) is 1.68. The fourth-order valence-electron chi connectivity index (χ4n) is 1.68. The van der Waals surface area contributed by atoms with Gasteiger partial charge in [0.15, 0.2) is 0 Å². The van der Waals surface area contributed by atoms with E-state index in [-0.39, 0.29) is 0 Å². The number of rotatable bonds is 0. The molecule has 4 heteroatoms. The van der Waals surface area contributed by atoms with E-state index in [9.17, 15) is 0 Å². The number of aromatic nitrogens is 2. The van der Waals surface area contributed by atoms with Crippen molar-refractivity contribution in [1.82, 2.24) is 9.97 Å². The predicted octanol–water partition coefficient (Wildman–Crippen LogP) is 1.53. The standard InChI is InChI=1S/C10H9N3O/c1-2-11-4-8-9(1)12-3-7-5-14-6-13-10(7)8/h1-4,13H,5-6H2. The van der Waals surface area contributed by atoms with Crippen LogP contribution in [0.15, 0.2) is 24.7 Å². The Morgan fingerprint density at radius 1 is 1.36 bits per heavy atom. The van der Waals surface area contributed by atoms with Crippen molar-refractivity contribution in [1.29, 1.82) is 0 Å². The third-order valence-electron chi connectivity index (χ3n) is 2.36. The van der Waals surface area contributed by atoms with Crippen LogP contribution in [0.5, 0.6) is 0 Å². The summed E-state index contributed by atoms with van der Waals surface area (Å²) in [6, 6.07) is 1.91. The molecule has 1 N–H and O–H groups in total. The van der Waals surface area contributed by atoms with Crippen molar-refractivity contribution in [3.05, 3.63) is 30.2 Å². The number of anilines is 1. The topological polar surface area (TPSA) is 47.0 Å². The first-order valence-corrected chi connectivity index (χ1v) is 4.48. The Labute approximate surface area is 80.9 Å². The maximum absolute atomic E-state index is 5.27. The largest absolute Gasteiger partial charge is 0.362 e. The highest BCUT2D eigenvalue weighted by Gasteiger charge is 2.12. The molecule has 0 fully saturated rings. The van der Waals surface area contributed by atoms with Crippen LogP contribution in [0.4, 0.5) is 5.69 Å². The molecule has 3 rings (SSSR count). The molecular formula is C10H9N3O. The van der Waals surface area contributed by atoms with Gasteiger partial charge in [0, 0.05) is 29.5 Å². The molecule has 2 aromatic heterocycles. The molecule has 0 unspecified atom stereocenters. The average Bonchev–Trinajstić information content (AvgIpc) is 2.29. The zero-order valence-corrected chi connectivity index (χ0v) is 7.53. The molecule has 0 bridgehead atoms. The van der Waals surface area contributed by atoms with Gasteiger partial charge < -0.3 is 10.1 Å². The van der Waals surface area contributed by atoms with Gasteiger partial charge in [-0.3, -0.25) is 9.97 Å². The summed E-state index contributed by atoms with van der Waals surface area (Å²) in [4.78, 5) is 8.43. The van der Waals surface area contributed by atoms with Gasteiger partial charge in [0.1, 0.15) is 6.73 Å². The van der Waals surface area contributed by atoms with Gasteiger partial charge in [-0.25, -0.2) is 0 Å². The van der Waals surface area contributed by atoms with E-state index in [1.807, 2.05) is 18.5 Å². The molecule has 4 nitrogen and oxygen atoms in total. The highest BCUT2D eigenvalue weighted by Crippen LogP contribution is 2.27. The van der Waals surface area contributed by atoms with Gasteiger partial charge in [-0.15, -0.1) is 0 Å². The second kappa shape index (κ2) is 2.92. The van der Waals surface area contributed by atoms with Gasteiger partial charge in [0.25, 0.3) is 0 Å². The molecule has 0 atom stereocenters. The maximum Gasteiger partial charge on any atom is 0.116 e. The van der Waals surface area contributed by atoms with Crippen LogP contribution in [0.3, 0.4) is 0 Å². The van der Waals surface area contributed by atoms with E-state index in [1.54, 1.807) is 6.20 Å². The van der Waals surface area contributed by atoms with Gasteiger partial charge in [-0.1, -0.05) is 0 Å². The van der Waals surface area contributed by atoms with E-state index < -0.39 is 0 Å². The molecule has 2 aromatic rings. The van der Waals surface area contributed by atoms with Crippen LogP contribution in [0.2, 0.25) is 0 Å². The van der Waals surface area contributed by atoms with Crippen molar-refractivity contribution in [2.24, 2.45) is 0 Å². The molecule has 0 spiro atoms. The molecule has 1 aliphatic rings. The Bertz CT molecular complexity index is 484. The van der Waals surface area contributed by atoms with Crippen molar-refractivity contribution >= 4 is 16.6 Å². The molecule has 0 saturated heterocycles. The minimum absolute atomic E-state index is 0.557. The summed E-state index contributed by atoms with van der Waals surface area (Å²) in [7, 11) is 0. The second-order valence-electron chi connectivity index (χ2n) is 3.22. The number of nitrogens with zero attached hydrogens (tertiary/aromatic N) is 2. The van der Waals surface area contributed by atoms with Crippen molar-refractivity contribution in [2.75, 3.05) is 12.0 Å². The highest BCUT2D eigenvalue weighted by molar-refractivity contribution is 5.92. The summed E-state index contributed by atoms with van der Waals surface area (Å²) < 4.78 is 5.27. The molecule has 0 saturated carbocycles. The summed E-state index contributed by atoms with van der Waals surface area (Å²) in [6.45, 7) is 1.18. The number of ether oxygens (including phenoxy) is 1. The molecule has 0 aromatic carbocycles. The molecular weight excluding hydrogens is 178 g/mol. The molecule has 0 radical (unpaired) electrons. The summed E-state index contributed by atoms with van der Waals surface area (Å²) >= 11 is 0. The summed E-state index contributed by atoms with van der Waals surface area (Å²) in [6.07, 6.45) is 5.43. The first-order chi connectivity index (χ1) is 6.95. The van der Waals surface area contributed by atoms with Crippen LogP contribution in [0.25, 0.3) is 10.9 Å². The van der Waals surface area contributed by atoms with E-state index in [4.69, 9.17) is 4.74 Å². The van der Waals surface area contributed by atoms with Crippen LogP contribution in [0, 0.1) is 0 Å². The van der Waals surface area contributed by atoms with Gasteiger partial charge in [-0.05, 0) is 6.07 Å². The lowest BCUT2D eigenvalue weighted by molar-refractivity contribution is 0.130. The zero-order chi connectivity index (χ0) is 9.38. The second-order valence-corrected chi connectivity index (χ2v) is 3.22. The van der Waals surface area contributed by atoms with E-state index >= 15 is 0 Å². The smallest absolute Gasteiger partial charge is 0.116 e. The van der Waals surface area contributed by atoms with E-state index in [0.717, 1.165) is 22.2 Å². The van der Waals surface area contributed by atoms with Crippen LogP contribution in [0.1, 0.15) is 5.56 Å². The minimum Gasteiger partial charge on any atom is -0.362 e. The van der Waals surface area contributed by atoms with Crippen LogP contribution in [-0.4, -0.2) is 16.7 Å². The van der Waals surface area contributed by atoms with Crippen molar-refractivity contribution < 1.29 is 4.74 Å². The third kappa shape index (κ3) is 1.04. The lowest BCUT2D eigenvalue weighted by Gasteiger charge is -2.19. The fraction of sp³-hybridized carbons (Fsp3) is 0.200. The van der Waals surface area contributed by atoms with Gasteiger partial charge in [-0.2, -0.15) is 0 Å². The number of fused-ring (bicyclic) bond motifs is 3. The highest BCUT2D eigenvalue weighted by atomic mass is 16.5. The number of hydrogen-bond acceptors (Lipinski definition) is 4. The van der Waals surface area contributed by atoms with Crippen molar-refractivity contribution in [3.63, 3.8) is 0 Å². The first-order valence-electron chi connectivity index (χ1n) is 4.48. The summed E-state index contributed by atoms with van der Waals surface area (Å²) in [5.74, 6) is 0. The third-order valence-corrected chi connectivity index (χ3v) is 2.36. The Morgan fingerprint density at radius 2 is 2.36 bits per heavy atom. The summed E-state index contributed by atoms with van der Waals surface area (Å²) in [5.41, 5.74) is 3.17. The van der Waals surface area contributed by atoms with Crippen molar-refractivity contribution in [3.8, 4) is 0 Å². The molecule has 70 valence electrons. The van der Waals surface area contributed by atoms with Crippen molar-refractivity contribution in [2.45, 2.75) is 6.61 Å². The molecule has 1 aliphatic heterocycles. The Kier molecular flexibility index (Phi) is 1.61. The minimum atomic E-state index is 0.557. The molecule has 3 heterocycles. The summed E-state index contributed by atoms with van der Waals surface area (Å²) in [5, 5.41) is 4.27. The maximum atomic E-state index is 5.27. The van der Waals surface area contributed by atoms with Crippen LogP contribution < -0.4 is 5.32 Å². The van der Waals surface area contributed by atoms with Gasteiger partial charge in [0.05, 0.1) is 17.8 Å². The Hall–Kier alpha value is -1.68. The predicted molar refractivity (Wildman–Crippen MR) is 52.8 cm³/mol. The Balaban J connectivity index is 2.34. The van der Waals surface area contributed by atoms with Crippen LogP contribution >= 0.6 is 0 Å². The lowest BCUT2D eigenvalue weighted by atomic mass is 10.1. The normalized spacial score (nSPS) is 14.9. The van der Waals surface area contributed by atoms with Gasteiger partial charge >= 0.3 is 0 Å². The van der Waals surface area contributed by atoms with E-state index in [2.05, 4.69) is 15.3 Å².